The highest BCUT2D eigenvalue weighted by Gasteiger charge is 2.18. The highest BCUT2D eigenvalue weighted by atomic mass is 32.1. The summed E-state index contributed by atoms with van der Waals surface area (Å²) in [6.45, 7) is 0. The third-order valence-electron chi connectivity index (χ3n) is 3.93. The van der Waals surface area contributed by atoms with Gasteiger partial charge >= 0.3 is 0 Å². The number of benzene rings is 2. The van der Waals surface area contributed by atoms with E-state index in [2.05, 4.69) is 23.6 Å². The third kappa shape index (κ3) is 3.04. The van der Waals surface area contributed by atoms with Gasteiger partial charge in [-0.2, -0.15) is 5.26 Å². The van der Waals surface area contributed by atoms with Gasteiger partial charge in [0, 0.05) is 10.3 Å². The molecule has 0 aliphatic heterocycles. The van der Waals surface area contributed by atoms with Gasteiger partial charge in [0.15, 0.2) is 11.5 Å². The number of ether oxygens (including phenoxy) is 3. The molecule has 0 saturated carbocycles. The standard InChI is InChI=1S/C20H17NO3S/c1-22-17-9-8-16(19(23-2)20(17)24-3)13(11-21)10-14-12-25-18-7-5-4-6-15(14)18/h4-10,12H,1-3H3. The number of methoxy groups -OCH3 is 3. The van der Waals surface area contributed by atoms with Crippen molar-refractivity contribution in [3.05, 3.63) is 52.9 Å². The third-order valence-corrected chi connectivity index (χ3v) is 4.91. The lowest BCUT2D eigenvalue weighted by Gasteiger charge is -2.15. The van der Waals surface area contributed by atoms with E-state index in [1.807, 2.05) is 24.3 Å². The Hall–Kier alpha value is -2.97. The summed E-state index contributed by atoms with van der Waals surface area (Å²) in [5, 5.41) is 12.9. The zero-order chi connectivity index (χ0) is 17.8. The van der Waals surface area contributed by atoms with E-state index in [9.17, 15) is 5.26 Å². The molecule has 5 heteroatoms. The predicted octanol–water partition coefficient (Wildman–Crippen LogP) is 4.99. The molecule has 3 aromatic rings. The first-order valence-electron chi connectivity index (χ1n) is 7.60. The number of nitrogens with zero attached hydrogens (tertiary/aromatic N) is 1. The van der Waals surface area contributed by atoms with E-state index in [1.165, 1.54) is 4.70 Å². The molecular formula is C20H17NO3S. The van der Waals surface area contributed by atoms with Gasteiger partial charge in [0.2, 0.25) is 5.75 Å². The van der Waals surface area contributed by atoms with E-state index in [0.717, 1.165) is 10.9 Å². The molecule has 0 amide bonds. The minimum atomic E-state index is 0.471. The van der Waals surface area contributed by atoms with Crippen molar-refractivity contribution in [1.82, 2.24) is 0 Å². The molecule has 0 N–H and O–H groups in total. The Labute approximate surface area is 150 Å². The lowest BCUT2D eigenvalue weighted by Crippen LogP contribution is -1.98. The van der Waals surface area contributed by atoms with E-state index in [0.29, 0.717) is 28.4 Å². The Morgan fingerprint density at radius 1 is 1.00 bits per heavy atom. The van der Waals surface area contributed by atoms with Gasteiger partial charge in [-0.3, -0.25) is 0 Å². The van der Waals surface area contributed by atoms with E-state index in [1.54, 1.807) is 38.7 Å². The van der Waals surface area contributed by atoms with Crippen molar-refractivity contribution in [2.75, 3.05) is 21.3 Å². The summed E-state index contributed by atoms with van der Waals surface area (Å²) in [7, 11) is 4.66. The molecule has 0 aliphatic carbocycles. The average Bonchev–Trinajstić information content (AvgIpc) is 3.07. The number of rotatable bonds is 5. The lowest BCUT2D eigenvalue weighted by molar-refractivity contribution is 0.324. The van der Waals surface area contributed by atoms with Gasteiger partial charge in [-0.1, -0.05) is 18.2 Å². The fourth-order valence-electron chi connectivity index (χ4n) is 2.75. The summed E-state index contributed by atoms with van der Waals surface area (Å²) in [5.41, 5.74) is 2.17. The number of thiophene rings is 1. The van der Waals surface area contributed by atoms with E-state index in [4.69, 9.17) is 14.2 Å². The summed E-state index contributed by atoms with van der Waals surface area (Å²) in [4.78, 5) is 0. The van der Waals surface area contributed by atoms with Gasteiger partial charge in [0.1, 0.15) is 0 Å². The first kappa shape index (κ1) is 16.9. The van der Waals surface area contributed by atoms with Crippen LogP contribution >= 0.6 is 11.3 Å². The SMILES string of the molecule is COc1ccc(C(C#N)=Cc2csc3ccccc23)c(OC)c1OC. The van der Waals surface area contributed by atoms with Crippen LogP contribution in [-0.4, -0.2) is 21.3 Å². The molecule has 0 bridgehead atoms. The van der Waals surface area contributed by atoms with E-state index >= 15 is 0 Å². The second-order valence-electron chi connectivity index (χ2n) is 5.24. The summed E-state index contributed by atoms with van der Waals surface area (Å²) in [5.74, 6) is 1.51. The number of fused-ring (bicyclic) bond motifs is 1. The van der Waals surface area contributed by atoms with Crippen LogP contribution in [0.2, 0.25) is 0 Å². The van der Waals surface area contributed by atoms with Crippen LogP contribution in [0.15, 0.2) is 41.8 Å². The summed E-state index contributed by atoms with van der Waals surface area (Å²) in [6.07, 6.45) is 1.88. The van der Waals surface area contributed by atoms with Crippen LogP contribution in [0.25, 0.3) is 21.7 Å². The number of nitriles is 1. The molecule has 126 valence electrons. The molecule has 0 aliphatic rings. The Balaban J connectivity index is 2.18. The van der Waals surface area contributed by atoms with Crippen molar-refractivity contribution in [2.24, 2.45) is 0 Å². The molecule has 0 fully saturated rings. The van der Waals surface area contributed by atoms with Crippen LogP contribution in [-0.2, 0) is 0 Å². The van der Waals surface area contributed by atoms with Gasteiger partial charge < -0.3 is 14.2 Å². The first-order valence-corrected chi connectivity index (χ1v) is 8.48. The maximum absolute atomic E-state index is 9.72. The Bertz CT molecular complexity index is 982. The van der Waals surface area contributed by atoms with Crippen molar-refractivity contribution in [2.45, 2.75) is 0 Å². The monoisotopic (exact) mass is 351 g/mol. The molecule has 1 aromatic heterocycles. The zero-order valence-electron chi connectivity index (χ0n) is 14.2. The van der Waals surface area contributed by atoms with Gasteiger partial charge in [0.25, 0.3) is 0 Å². The fraction of sp³-hybridized carbons (Fsp3) is 0.150. The van der Waals surface area contributed by atoms with Crippen molar-refractivity contribution < 1.29 is 14.2 Å². The van der Waals surface area contributed by atoms with E-state index < -0.39 is 0 Å². The average molecular weight is 351 g/mol. The van der Waals surface area contributed by atoms with Crippen LogP contribution < -0.4 is 14.2 Å². The smallest absolute Gasteiger partial charge is 0.203 e. The lowest BCUT2D eigenvalue weighted by atomic mass is 10.0. The molecule has 0 atom stereocenters. The van der Waals surface area contributed by atoms with Crippen molar-refractivity contribution in [1.29, 1.82) is 5.26 Å². The minimum absolute atomic E-state index is 0.471. The van der Waals surface area contributed by atoms with Gasteiger partial charge in [-0.25, -0.2) is 0 Å². The molecule has 3 rings (SSSR count). The largest absolute Gasteiger partial charge is 0.493 e. The van der Waals surface area contributed by atoms with E-state index in [-0.39, 0.29) is 0 Å². The number of hydrogen-bond acceptors (Lipinski definition) is 5. The second-order valence-corrected chi connectivity index (χ2v) is 6.15. The second kappa shape index (κ2) is 7.29. The molecule has 0 saturated heterocycles. The molecule has 0 radical (unpaired) electrons. The van der Waals surface area contributed by atoms with Crippen LogP contribution in [0.4, 0.5) is 0 Å². The molecule has 0 unspecified atom stereocenters. The maximum Gasteiger partial charge on any atom is 0.203 e. The normalized spacial score (nSPS) is 11.2. The summed E-state index contributed by atoms with van der Waals surface area (Å²) in [6, 6.07) is 14.0. The molecule has 1 heterocycles. The van der Waals surface area contributed by atoms with Gasteiger partial charge in [-0.05, 0) is 40.6 Å². The van der Waals surface area contributed by atoms with Crippen LogP contribution in [0, 0.1) is 11.3 Å². The minimum Gasteiger partial charge on any atom is -0.493 e. The van der Waals surface area contributed by atoms with Crippen molar-refractivity contribution in [3.63, 3.8) is 0 Å². The molecule has 0 spiro atoms. The molecular weight excluding hydrogens is 334 g/mol. The van der Waals surface area contributed by atoms with Crippen molar-refractivity contribution in [3.8, 4) is 23.3 Å². The Morgan fingerprint density at radius 3 is 2.44 bits per heavy atom. The Kier molecular flexibility index (Phi) is 4.92. The van der Waals surface area contributed by atoms with Gasteiger partial charge in [0.05, 0.1) is 33.0 Å². The maximum atomic E-state index is 9.72. The van der Waals surface area contributed by atoms with Crippen molar-refractivity contribution >= 4 is 33.1 Å². The van der Waals surface area contributed by atoms with Crippen LogP contribution in [0.3, 0.4) is 0 Å². The predicted molar refractivity (Wildman–Crippen MR) is 101 cm³/mol. The number of hydrogen-bond donors (Lipinski definition) is 0. The van der Waals surface area contributed by atoms with Gasteiger partial charge in [-0.15, -0.1) is 11.3 Å². The summed E-state index contributed by atoms with van der Waals surface area (Å²) >= 11 is 1.66. The first-order chi connectivity index (χ1) is 12.2. The quantitative estimate of drug-likeness (QED) is 0.608. The zero-order valence-corrected chi connectivity index (χ0v) is 15.0. The fourth-order valence-corrected chi connectivity index (χ4v) is 3.67. The van der Waals surface area contributed by atoms with Crippen LogP contribution in [0.5, 0.6) is 17.2 Å². The Morgan fingerprint density at radius 2 is 1.76 bits per heavy atom. The molecule has 2 aromatic carbocycles. The van der Waals surface area contributed by atoms with Crippen LogP contribution in [0.1, 0.15) is 11.1 Å². The highest BCUT2D eigenvalue weighted by Crippen LogP contribution is 2.43. The number of allylic oxidation sites excluding steroid dienone is 1. The molecule has 25 heavy (non-hydrogen) atoms. The summed E-state index contributed by atoms with van der Waals surface area (Å²) < 4.78 is 17.4. The molecule has 4 nitrogen and oxygen atoms in total. The topological polar surface area (TPSA) is 51.5 Å². The highest BCUT2D eigenvalue weighted by molar-refractivity contribution is 7.17.